The fourth-order valence-corrected chi connectivity index (χ4v) is 4.75. The maximum absolute atomic E-state index is 13.1. The number of fused-ring (bicyclic) bond motifs is 1. The number of carbonyl (C=O) groups excluding carboxylic acids is 1. The molecule has 28 heavy (non-hydrogen) atoms. The van der Waals surface area contributed by atoms with E-state index in [1.807, 2.05) is 50.2 Å². The van der Waals surface area contributed by atoms with E-state index in [9.17, 15) is 9.59 Å². The Morgan fingerprint density at radius 2 is 2.14 bits per heavy atom. The Bertz CT molecular complexity index is 1040. The van der Waals surface area contributed by atoms with Crippen LogP contribution in [0.25, 0.3) is 20.7 Å². The third-order valence-corrected chi connectivity index (χ3v) is 6.35. The summed E-state index contributed by atoms with van der Waals surface area (Å²) in [6, 6.07) is 11.8. The maximum atomic E-state index is 13.1. The molecule has 146 valence electrons. The Labute approximate surface area is 172 Å². The van der Waals surface area contributed by atoms with E-state index in [4.69, 9.17) is 4.98 Å². The summed E-state index contributed by atoms with van der Waals surface area (Å²) in [4.78, 5) is 31.7. The minimum Gasteiger partial charge on any atom is -0.355 e. The number of benzene rings is 1. The van der Waals surface area contributed by atoms with Gasteiger partial charge in [-0.25, -0.2) is 4.98 Å². The van der Waals surface area contributed by atoms with Gasteiger partial charge in [0, 0.05) is 18.0 Å². The fourth-order valence-electron chi connectivity index (χ4n) is 2.73. The predicted octanol–water partition coefficient (Wildman–Crippen LogP) is 4.32. The fraction of sp³-hybridized carbons (Fsp3) is 0.286. The van der Waals surface area contributed by atoms with Gasteiger partial charge < -0.3 is 5.32 Å². The quantitative estimate of drug-likeness (QED) is 0.339. The first-order valence-electron chi connectivity index (χ1n) is 9.20. The third-order valence-electron chi connectivity index (χ3n) is 4.19. The van der Waals surface area contributed by atoms with Gasteiger partial charge >= 0.3 is 0 Å². The van der Waals surface area contributed by atoms with Gasteiger partial charge in [-0.05, 0) is 25.0 Å². The van der Waals surface area contributed by atoms with Crippen LogP contribution >= 0.6 is 23.1 Å². The predicted molar refractivity (Wildman–Crippen MR) is 118 cm³/mol. The molecule has 1 atom stereocenters. The largest absolute Gasteiger partial charge is 0.355 e. The van der Waals surface area contributed by atoms with Crippen LogP contribution in [0.5, 0.6) is 0 Å². The second-order valence-corrected chi connectivity index (χ2v) is 8.68. The van der Waals surface area contributed by atoms with Gasteiger partial charge in [0.1, 0.15) is 4.83 Å². The molecule has 0 aliphatic rings. The monoisotopic (exact) mass is 413 g/mol. The molecule has 3 rings (SSSR count). The summed E-state index contributed by atoms with van der Waals surface area (Å²) in [5.74, 6) is -0.0532. The topological polar surface area (TPSA) is 64.0 Å². The van der Waals surface area contributed by atoms with E-state index in [0.717, 1.165) is 16.9 Å². The van der Waals surface area contributed by atoms with Gasteiger partial charge in [0.15, 0.2) is 5.16 Å². The lowest BCUT2D eigenvalue weighted by molar-refractivity contribution is -0.120. The molecule has 0 radical (unpaired) electrons. The number of hydrogen-bond acceptors (Lipinski definition) is 5. The highest BCUT2D eigenvalue weighted by Crippen LogP contribution is 2.32. The molecule has 0 aliphatic carbocycles. The minimum atomic E-state index is -0.347. The van der Waals surface area contributed by atoms with Crippen LogP contribution in [0.15, 0.2) is 59.0 Å². The minimum absolute atomic E-state index is 0.0532. The molecular formula is C21H23N3O2S2. The number of rotatable bonds is 8. The van der Waals surface area contributed by atoms with E-state index in [0.29, 0.717) is 28.5 Å². The number of thioether (sulfide) groups is 1. The van der Waals surface area contributed by atoms with Crippen molar-refractivity contribution in [1.29, 1.82) is 0 Å². The van der Waals surface area contributed by atoms with Gasteiger partial charge in [-0.3, -0.25) is 14.2 Å². The first kappa shape index (κ1) is 20.4. The van der Waals surface area contributed by atoms with Gasteiger partial charge in [-0.15, -0.1) is 17.9 Å². The van der Waals surface area contributed by atoms with Crippen LogP contribution in [0.2, 0.25) is 0 Å². The number of hydrogen-bond donors (Lipinski definition) is 1. The molecule has 1 N–H and O–H groups in total. The lowest BCUT2D eigenvalue weighted by Crippen LogP contribution is -2.32. The molecule has 0 aliphatic heterocycles. The van der Waals surface area contributed by atoms with Gasteiger partial charge in [-0.2, -0.15) is 0 Å². The number of carbonyl (C=O) groups is 1. The SMILES string of the molecule is C=CCn1c(SC(C)C(=O)NCCC)nc2sc(-c3ccccc3)cc2c1=O. The van der Waals surface area contributed by atoms with Crippen LogP contribution < -0.4 is 10.9 Å². The Balaban J connectivity index is 2.01. The van der Waals surface area contributed by atoms with Crippen LogP contribution in [-0.2, 0) is 11.3 Å². The van der Waals surface area contributed by atoms with E-state index < -0.39 is 0 Å². The first-order chi connectivity index (χ1) is 13.5. The second-order valence-electron chi connectivity index (χ2n) is 6.35. The zero-order valence-corrected chi connectivity index (χ0v) is 17.6. The molecule has 1 aromatic carbocycles. The Morgan fingerprint density at radius 3 is 2.82 bits per heavy atom. The van der Waals surface area contributed by atoms with Gasteiger partial charge in [-0.1, -0.05) is 55.1 Å². The molecule has 3 aromatic rings. The van der Waals surface area contributed by atoms with Crippen molar-refractivity contribution >= 4 is 39.2 Å². The highest BCUT2D eigenvalue weighted by Gasteiger charge is 2.20. The summed E-state index contributed by atoms with van der Waals surface area (Å²) in [7, 11) is 0. The molecule has 1 amide bonds. The van der Waals surface area contributed by atoms with E-state index >= 15 is 0 Å². The summed E-state index contributed by atoms with van der Waals surface area (Å²) in [6.45, 7) is 8.58. The van der Waals surface area contributed by atoms with Gasteiger partial charge in [0.05, 0.1) is 10.6 Å². The van der Waals surface area contributed by atoms with Crippen molar-refractivity contribution in [2.45, 2.75) is 37.2 Å². The van der Waals surface area contributed by atoms with Crippen LogP contribution in [0.1, 0.15) is 20.3 Å². The van der Waals surface area contributed by atoms with Gasteiger partial charge in [0.2, 0.25) is 5.91 Å². The van der Waals surface area contributed by atoms with Crippen molar-refractivity contribution in [3.8, 4) is 10.4 Å². The van der Waals surface area contributed by atoms with E-state index in [-0.39, 0.29) is 16.7 Å². The lowest BCUT2D eigenvalue weighted by atomic mass is 10.2. The normalized spacial score (nSPS) is 12.1. The zero-order chi connectivity index (χ0) is 20.1. The van der Waals surface area contributed by atoms with E-state index in [1.54, 1.807) is 10.6 Å². The molecule has 0 saturated carbocycles. The van der Waals surface area contributed by atoms with Gasteiger partial charge in [0.25, 0.3) is 5.56 Å². The van der Waals surface area contributed by atoms with Crippen LogP contribution in [-0.4, -0.2) is 27.3 Å². The Kier molecular flexibility index (Phi) is 6.70. The molecule has 2 heterocycles. The van der Waals surface area contributed by atoms with Crippen molar-refractivity contribution in [3.05, 3.63) is 59.4 Å². The van der Waals surface area contributed by atoms with E-state index in [2.05, 4.69) is 11.9 Å². The van der Waals surface area contributed by atoms with Crippen LogP contribution in [0.4, 0.5) is 0 Å². The summed E-state index contributed by atoms with van der Waals surface area (Å²) >= 11 is 2.79. The number of aromatic nitrogens is 2. The molecule has 0 saturated heterocycles. The smallest absolute Gasteiger partial charge is 0.263 e. The molecule has 2 aromatic heterocycles. The Hall–Kier alpha value is -2.38. The molecule has 5 nitrogen and oxygen atoms in total. The first-order valence-corrected chi connectivity index (χ1v) is 10.9. The highest BCUT2D eigenvalue weighted by atomic mass is 32.2. The average Bonchev–Trinajstić information content (AvgIpc) is 3.14. The highest BCUT2D eigenvalue weighted by molar-refractivity contribution is 8.00. The molecule has 1 unspecified atom stereocenters. The summed E-state index contributed by atoms with van der Waals surface area (Å²) in [6.07, 6.45) is 2.55. The van der Waals surface area contributed by atoms with Crippen molar-refractivity contribution in [3.63, 3.8) is 0 Å². The standard InChI is InChI=1S/C21H23N3O2S2/c1-4-11-22-18(25)14(3)27-21-23-19-16(20(26)24(21)12-5-2)13-17(28-19)15-9-7-6-8-10-15/h5-10,13-14H,2,4,11-12H2,1,3H3,(H,22,25). The number of amides is 1. The van der Waals surface area contributed by atoms with Crippen molar-refractivity contribution < 1.29 is 4.79 Å². The number of allylic oxidation sites excluding steroid dienone is 1. The second kappa shape index (κ2) is 9.21. The lowest BCUT2D eigenvalue weighted by Gasteiger charge is -2.14. The maximum Gasteiger partial charge on any atom is 0.263 e. The average molecular weight is 414 g/mol. The molecule has 0 fully saturated rings. The number of nitrogens with zero attached hydrogens (tertiary/aromatic N) is 2. The summed E-state index contributed by atoms with van der Waals surface area (Å²) in [5, 5.41) is 3.68. The van der Waals surface area contributed by atoms with Crippen LogP contribution in [0.3, 0.4) is 0 Å². The summed E-state index contributed by atoms with van der Waals surface area (Å²) < 4.78 is 1.59. The molecule has 0 bridgehead atoms. The van der Waals surface area contributed by atoms with E-state index in [1.165, 1.54) is 23.1 Å². The zero-order valence-electron chi connectivity index (χ0n) is 16.0. The molecule has 7 heteroatoms. The Morgan fingerprint density at radius 1 is 1.39 bits per heavy atom. The molecule has 0 spiro atoms. The van der Waals surface area contributed by atoms with Crippen molar-refractivity contribution in [2.24, 2.45) is 0 Å². The van der Waals surface area contributed by atoms with Crippen molar-refractivity contribution in [1.82, 2.24) is 14.9 Å². The number of nitrogens with one attached hydrogen (secondary N) is 1. The number of thiophene rings is 1. The third kappa shape index (κ3) is 4.36. The molecular weight excluding hydrogens is 390 g/mol. The van der Waals surface area contributed by atoms with Crippen molar-refractivity contribution in [2.75, 3.05) is 6.54 Å². The van der Waals surface area contributed by atoms with Crippen LogP contribution in [0, 0.1) is 0 Å². The summed E-state index contributed by atoms with van der Waals surface area (Å²) in [5.41, 5.74) is 0.952.